The first kappa shape index (κ1) is 12.5. The molecule has 5 heteroatoms. The van der Waals surface area contributed by atoms with Crippen LogP contribution in [0.4, 0.5) is 5.69 Å². The van der Waals surface area contributed by atoms with E-state index in [1.165, 1.54) is 19.3 Å². The Kier molecular flexibility index (Phi) is 3.92. The normalized spacial score (nSPS) is 15.3. The van der Waals surface area contributed by atoms with Gasteiger partial charge in [-0.1, -0.05) is 0 Å². The van der Waals surface area contributed by atoms with Crippen LogP contribution in [0.3, 0.4) is 0 Å². The highest BCUT2D eigenvalue weighted by atomic mass is 16.6. The predicted molar refractivity (Wildman–Crippen MR) is 70.1 cm³/mol. The van der Waals surface area contributed by atoms with Crippen LogP contribution in [0, 0.1) is 10.1 Å². The molecule has 1 aromatic carbocycles. The van der Waals surface area contributed by atoms with Crippen molar-refractivity contribution in [3.63, 3.8) is 0 Å². The summed E-state index contributed by atoms with van der Waals surface area (Å²) >= 11 is 0. The summed E-state index contributed by atoms with van der Waals surface area (Å²) in [5.41, 5.74) is 1.14. The number of nitrogens with one attached hydrogen (secondary N) is 1. The van der Waals surface area contributed by atoms with Crippen LogP contribution in [0.1, 0.15) is 24.8 Å². The molecule has 1 fully saturated rings. The van der Waals surface area contributed by atoms with Crippen molar-refractivity contribution in [2.24, 2.45) is 0 Å². The van der Waals surface area contributed by atoms with Crippen molar-refractivity contribution in [1.82, 2.24) is 5.32 Å². The molecule has 0 saturated carbocycles. The largest absolute Gasteiger partial charge is 0.277 e. The molecule has 1 aliphatic heterocycles. The molecule has 0 aromatic heterocycles. The lowest BCUT2D eigenvalue weighted by molar-refractivity contribution is -0.538. The molecule has 18 heavy (non-hydrogen) atoms. The number of non-ortho nitro benzene ring substituents is 1. The average molecular weight is 248 g/mol. The lowest BCUT2D eigenvalue weighted by Gasteiger charge is -2.16. The fourth-order valence-electron chi connectivity index (χ4n) is 2.34. The van der Waals surface area contributed by atoms with Crippen molar-refractivity contribution in [3.8, 4) is 0 Å². The molecule has 0 aliphatic carbocycles. The molecular weight excluding hydrogens is 230 g/mol. The summed E-state index contributed by atoms with van der Waals surface area (Å²) in [5, 5.41) is 13.8. The number of hydrogen-bond donors (Lipinski definition) is 1. The molecule has 5 nitrogen and oxygen atoms in total. The van der Waals surface area contributed by atoms with E-state index in [9.17, 15) is 10.1 Å². The lowest BCUT2D eigenvalue weighted by atomic mass is 10.1. The van der Waals surface area contributed by atoms with Crippen molar-refractivity contribution < 1.29 is 9.50 Å². The second-order valence-electron chi connectivity index (χ2n) is 4.45. The Labute approximate surface area is 106 Å². The first-order valence-corrected chi connectivity index (χ1v) is 6.27. The molecule has 1 heterocycles. The molecule has 1 aliphatic rings. The number of hydrogen-bond acceptors (Lipinski definition) is 2. The van der Waals surface area contributed by atoms with Gasteiger partial charge in [0.25, 0.3) is 11.5 Å². The van der Waals surface area contributed by atoms with E-state index >= 15 is 0 Å². The van der Waals surface area contributed by atoms with Crippen LogP contribution in [0.5, 0.6) is 0 Å². The summed E-state index contributed by atoms with van der Waals surface area (Å²) in [6.45, 7) is 2.10. The SMILES string of the molecule is CNC(c1ccc([N+](=O)[O-])cc1)=[N+]1CCCCC1. The Hall–Kier alpha value is -1.91. The van der Waals surface area contributed by atoms with E-state index in [0.717, 1.165) is 24.5 Å². The third kappa shape index (κ3) is 2.67. The number of piperidine rings is 1. The summed E-state index contributed by atoms with van der Waals surface area (Å²) in [5.74, 6) is 1.06. The molecule has 0 atom stereocenters. The monoisotopic (exact) mass is 248 g/mol. The van der Waals surface area contributed by atoms with Crippen LogP contribution in [-0.2, 0) is 0 Å². The molecule has 0 radical (unpaired) electrons. The van der Waals surface area contributed by atoms with Gasteiger partial charge < -0.3 is 0 Å². The smallest absolute Gasteiger partial charge is 0.276 e. The van der Waals surface area contributed by atoms with Gasteiger partial charge >= 0.3 is 0 Å². The molecular formula is C13H18N3O2+. The van der Waals surface area contributed by atoms with Crippen molar-refractivity contribution >= 4 is 11.5 Å². The Morgan fingerprint density at radius 2 is 1.83 bits per heavy atom. The van der Waals surface area contributed by atoms with E-state index in [4.69, 9.17) is 0 Å². The van der Waals surface area contributed by atoms with E-state index in [1.807, 2.05) is 7.05 Å². The summed E-state index contributed by atoms with van der Waals surface area (Å²) in [7, 11) is 1.89. The highest BCUT2D eigenvalue weighted by Crippen LogP contribution is 2.13. The van der Waals surface area contributed by atoms with Crippen molar-refractivity contribution in [3.05, 3.63) is 39.9 Å². The maximum absolute atomic E-state index is 10.6. The average Bonchev–Trinajstić information content (AvgIpc) is 2.41. The number of benzene rings is 1. The predicted octanol–water partition coefficient (Wildman–Crippen LogP) is 1.76. The van der Waals surface area contributed by atoms with Crippen LogP contribution >= 0.6 is 0 Å². The standard InChI is InChI=1S/C13H17N3O2/c1-14-13(15-9-3-2-4-10-15)11-5-7-12(8-6-11)16(17)18/h5-8H,2-4,9-10H2,1H3/p+1. The van der Waals surface area contributed by atoms with E-state index in [1.54, 1.807) is 24.3 Å². The second kappa shape index (κ2) is 5.62. The van der Waals surface area contributed by atoms with Crippen LogP contribution in [0.25, 0.3) is 0 Å². The van der Waals surface area contributed by atoms with Crippen LogP contribution < -0.4 is 5.32 Å². The number of nitrogens with zero attached hydrogens (tertiary/aromatic N) is 2. The number of nitro benzene ring substituents is 1. The van der Waals surface area contributed by atoms with E-state index < -0.39 is 0 Å². The minimum absolute atomic E-state index is 0.132. The highest BCUT2D eigenvalue weighted by molar-refractivity contribution is 5.95. The van der Waals surface area contributed by atoms with Gasteiger partial charge in [-0.2, -0.15) is 0 Å². The van der Waals surface area contributed by atoms with Gasteiger partial charge in [-0.25, -0.2) is 0 Å². The van der Waals surface area contributed by atoms with Gasteiger partial charge in [0.1, 0.15) is 0 Å². The van der Waals surface area contributed by atoms with Crippen LogP contribution in [0.15, 0.2) is 24.3 Å². The minimum Gasteiger partial charge on any atom is -0.277 e. The van der Waals surface area contributed by atoms with Gasteiger partial charge in [-0.15, -0.1) is 0 Å². The zero-order valence-electron chi connectivity index (χ0n) is 10.6. The van der Waals surface area contributed by atoms with Gasteiger partial charge in [0.05, 0.1) is 30.6 Å². The molecule has 1 aromatic rings. The van der Waals surface area contributed by atoms with E-state index in [2.05, 4.69) is 9.89 Å². The highest BCUT2D eigenvalue weighted by Gasteiger charge is 2.17. The molecule has 2 rings (SSSR count). The fraction of sp³-hybridized carbons (Fsp3) is 0.462. The Morgan fingerprint density at radius 1 is 1.22 bits per heavy atom. The molecule has 96 valence electrons. The fourth-order valence-corrected chi connectivity index (χ4v) is 2.34. The molecule has 1 N–H and O–H groups in total. The first-order valence-electron chi connectivity index (χ1n) is 6.27. The summed E-state index contributed by atoms with van der Waals surface area (Å²) in [4.78, 5) is 10.3. The summed E-state index contributed by atoms with van der Waals surface area (Å²) in [6.07, 6.45) is 3.70. The first-order chi connectivity index (χ1) is 8.72. The van der Waals surface area contributed by atoms with Gasteiger partial charge in [-0.3, -0.25) is 20.0 Å². The third-order valence-electron chi connectivity index (χ3n) is 3.26. The third-order valence-corrected chi connectivity index (χ3v) is 3.26. The number of amidine groups is 1. The Morgan fingerprint density at radius 3 is 2.33 bits per heavy atom. The topological polar surface area (TPSA) is 58.2 Å². The number of nitro groups is 1. The summed E-state index contributed by atoms with van der Waals surface area (Å²) in [6, 6.07) is 6.71. The van der Waals surface area contributed by atoms with Crippen molar-refractivity contribution in [1.29, 1.82) is 0 Å². The zero-order chi connectivity index (χ0) is 13.0. The number of rotatable bonds is 2. The maximum atomic E-state index is 10.6. The van der Waals surface area contributed by atoms with Gasteiger partial charge in [-0.05, 0) is 31.4 Å². The maximum Gasteiger partial charge on any atom is 0.276 e. The molecule has 0 amide bonds. The van der Waals surface area contributed by atoms with Crippen LogP contribution in [-0.4, -0.2) is 35.5 Å². The van der Waals surface area contributed by atoms with Gasteiger partial charge in [0.15, 0.2) is 0 Å². The Balaban J connectivity index is 2.29. The molecule has 0 unspecified atom stereocenters. The van der Waals surface area contributed by atoms with Crippen molar-refractivity contribution in [2.75, 3.05) is 20.1 Å². The quantitative estimate of drug-likeness (QED) is 0.375. The van der Waals surface area contributed by atoms with Crippen LogP contribution in [0.2, 0.25) is 0 Å². The second-order valence-corrected chi connectivity index (χ2v) is 4.45. The van der Waals surface area contributed by atoms with Crippen molar-refractivity contribution in [2.45, 2.75) is 19.3 Å². The zero-order valence-corrected chi connectivity index (χ0v) is 10.6. The van der Waals surface area contributed by atoms with Gasteiger partial charge in [0.2, 0.25) is 0 Å². The van der Waals surface area contributed by atoms with E-state index in [0.29, 0.717) is 0 Å². The van der Waals surface area contributed by atoms with Gasteiger partial charge in [0, 0.05) is 12.1 Å². The lowest BCUT2D eigenvalue weighted by Crippen LogP contribution is -2.35. The summed E-state index contributed by atoms with van der Waals surface area (Å²) < 4.78 is 2.31. The molecule has 0 bridgehead atoms. The molecule has 0 spiro atoms. The Bertz CT molecular complexity index is 458. The van der Waals surface area contributed by atoms with E-state index in [-0.39, 0.29) is 10.6 Å². The minimum atomic E-state index is -0.371. The molecule has 1 saturated heterocycles.